The number of benzene rings is 1. The molecule has 2 heterocycles. The van der Waals surface area contributed by atoms with E-state index in [9.17, 15) is 0 Å². The Morgan fingerprint density at radius 3 is 2.47 bits per heavy atom. The second kappa shape index (κ2) is 5.25. The fourth-order valence-electron chi connectivity index (χ4n) is 2.00. The van der Waals surface area contributed by atoms with Crippen LogP contribution in [0.15, 0.2) is 18.2 Å². The molecule has 0 unspecified atom stereocenters. The zero-order chi connectivity index (χ0) is 13.4. The maximum absolute atomic E-state index is 6.18. The first-order valence-corrected chi connectivity index (χ1v) is 6.86. The van der Waals surface area contributed by atoms with Gasteiger partial charge in [-0.2, -0.15) is 0 Å². The summed E-state index contributed by atoms with van der Waals surface area (Å²) in [7, 11) is 0. The molecule has 0 amide bonds. The average Bonchev–Trinajstić information content (AvgIpc) is 2.37. The van der Waals surface area contributed by atoms with Crippen LogP contribution in [0.25, 0.3) is 11.4 Å². The van der Waals surface area contributed by atoms with E-state index < -0.39 is 0 Å². The lowest BCUT2D eigenvalue weighted by Gasteiger charge is -2.17. The van der Waals surface area contributed by atoms with Crippen LogP contribution in [-0.4, -0.2) is 16.6 Å². The zero-order valence-electron chi connectivity index (χ0n) is 9.79. The summed E-state index contributed by atoms with van der Waals surface area (Å²) in [4.78, 5) is 8.83. The highest BCUT2D eigenvalue weighted by molar-refractivity contribution is 6.35. The minimum atomic E-state index is 0.427. The average molecular weight is 316 g/mol. The van der Waals surface area contributed by atoms with Crippen molar-refractivity contribution in [1.29, 1.82) is 0 Å². The number of nitrogens with zero attached hydrogens (tertiary/aromatic N) is 2. The van der Waals surface area contributed by atoms with Crippen LogP contribution >= 0.6 is 34.8 Å². The molecule has 0 saturated heterocycles. The van der Waals surface area contributed by atoms with E-state index in [2.05, 4.69) is 9.97 Å². The van der Waals surface area contributed by atoms with E-state index in [0.717, 1.165) is 23.2 Å². The van der Waals surface area contributed by atoms with Gasteiger partial charge in [-0.3, -0.25) is 0 Å². The van der Waals surface area contributed by atoms with Crippen molar-refractivity contribution < 1.29 is 4.74 Å². The fourth-order valence-corrected chi connectivity index (χ4v) is 2.77. The van der Waals surface area contributed by atoms with E-state index in [0.29, 0.717) is 34.2 Å². The van der Waals surface area contributed by atoms with Gasteiger partial charge in [0.1, 0.15) is 5.15 Å². The van der Waals surface area contributed by atoms with Gasteiger partial charge < -0.3 is 4.74 Å². The number of hydrogen-bond acceptors (Lipinski definition) is 3. The largest absolute Gasteiger partial charge is 0.376 e. The summed E-state index contributed by atoms with van der Waals surface area (Å²) in [6.07, 6.45) is 0.735. The Morgan fingerprint density at radius 1 is 1.00 bits per heavy atom. The van der Waals surface area contributed by atoms with E-state index in [4.69, 9.17) is 39.5 Å². The maximum atomic E-state index is 6.18. The van der Waals surface area contributed by atoms with Crippen LogP contribution in [0.2, 0.25) is 15.2 Å². The van der Waals surface area contributed by atoms with E-state index in [1.165, 1.54) is 0 Å². The third-order valence-corrected chi connectivity index (χ3v) is 3.64. The number of halogens is 3. The quantitative estimate of drug-likeness (QED) is 0.741. The van der Waals surface area contributed by atoms with Crippen molar-refractivity contribution in [3.05, 3.63) is 44.7 Å². The molecule has 1 aliphatic rings. The molecular formula is C13H9Cl3N2O. The smallest absolute Gasteiger partial charge is 0.161 e. The van der Waals surface area contributed by atoms with Crippen molar-refractivity contribution in [1.82, 2.24) is 9.97 Å². The van der Waals surface area contributed by atoms with Gasteiger partial charge in [0.15, 0.2) is 5.82 Å². The maximum Gasteiger partial charge on any atom is 0.161 e. The monoisotopic (exact) mass is 314 g/mol. The van der Waals surface area contributed by atoms with Crippen LogP contribution in [0.4, 0.5) is 0 Å². The second-order valence-corrected chi connectivity index (χ2v) is 5.45. The van der Waals surface area contributed by atoms with Crippen molar-refractivity contribution in [2.24, 2.45) is 0 Å². The molecule has 0 aliphatic carbocycles. The molecule has 0 spiro atoms. The van der Waals surface area contributed by atoms with Crippen LogP contribution in [-0.2, 0) is 17.8 Å². The van der Waals surface area contributed by atoms with Gasteiger partial charge in [0.05, 0.1) is 18.9 Å². The lowest BCUT2D eigenvalue weighted by Crippen LogP contribution is -2.14. The van der Waals surface area contributed by atoms with E-state index in [-0.39, 0.29) is 0 Å². The van der Waals surface area contributed by atoms with Crippen molar-refractivity contribution >= 4 is 34.8 Å². The Kier molecular flexibility index (Phi) is 3.63. The third kappa shape index (κ3) is 2.70. The molecule has 3 nitrogen and oxygen atoms in total. The molecule has 0 fully saturated rings. The van der Waals surface area contributed by atoms with E-state index in [1.807, 2.05) is 0 Å². The molecular weight excluding hydrogens is 307 g/mol. The summed E-state index contributed by atoms with van der Waals surface area (Å²) in [5.74, 6) is 0.537. The van der Waals surface area contributed by atoms with Crippen molar-refractivity contribution in [3.8, 4) is 11.4 Å². The first kappa shape index (κ1) is 13.1. The van der Waals surface area contributed by atoms with Gasteiger partial charge >= 0.3 is 0 Å². The zero-order valence-corrected chi connectivity index (χ0v) is 12.1. The topological polar surface area (TPSA) is 35.0 Å². The van der Waals surface area contributed by atoms with Crippen LogP contribution in [0.3, 0.4) is 0 Å². The Bertz CT molecular complexity index is 626. The van der Waals surface area contributed by atoms with Gasteiger partial charge in [-0.1, -0.05) is 34.8 Å². The molecule has 0 bridgehead atoms. The Morgan fingerprint density at radius 2 is 1.74 bits per heavy atom. The van der Waals surface area contributed by atoms with Crippen molar-refractivity contribution in [3.63, 3.8) is 0 Å². The molecule has 19 heavy (non-hydrogen) atoms. The molecule has 98 valence electrons. The molecule has 2 aromatic rings. The third-order valence-electron chi connectivity index (χ3n) is 2.89. The molecule has 0 atom stereocenters. The molecule has 0 radical (unpaired) electrons. The summed E-state index contributed by atoms with van der Waals surface area (Å²) in [5.41, 5.74) is 2.55. The fraction of sp³-hybridized carbons (Fsp3) is 0.231. The molecule has 6 heteroatoms. The van der Waals surface area contributed by atoms with Crippen LogP contribution < -0.4 is 0 Å². The Balaban J connectivity index is 2.12. The molecule has 1 aromatic heterocycles. The minimum absolute atomic E-state index is 0.427. The summed E-state index contributed by atoms with van der Waals surface area (Å²) < 4.78 is 5.35. The van der Waals surface area contributed by atoms with Gasteiger partial charge in [0.25, 0.3) is 0 Å². The van der Waals surface area contributed by atoms with Crippen molar-refractivity contribution in [2.45, 2.75) is 13.0 Å². The summed E-state index contributed by atoms with van der Waals surface area (Å²) in [5, 5.41) is 1.52. The van der Waals surface area contributed by atoms with Gasteiger partial charge in [-0.25, -0.2) is 9.97 Å². The molecule has 0 saturated carbocycles. The summed E-state index contributed by atoms with van der Waals surface area (Å²) in [6.45, 7) is 1.11. The lowest BCUT2D eigenvalue weighted by atomic mass is 10.1. The Hall–Kier alpha value is -0.870. The predicted molar refractivity (Wildman–Crippen MR) is 75.9 cm³/mol. The van der Waals surface area contributed by atoms with Gasteiger partial charge in [0, 0.05) is 27.6 Å². The highest BCUT2D eigenvalue weighted by atomic mass is 35.5. The predicted octanol–water partition coefficient (Wildman–Crippen LogP) is 4.18. The van der Waals surface area contributed by atoms with Crippen LogP contribution in [0.5, 0.6) is 0 Å². The SMILES string of the molecule is Clc1cc(Cl)cc(-c2nc(Cl)c3c(n2)CCOC3)c1. The number of fused-ring (bicyclic) bond motifs is 1. The summed E-state index contributed by atoms with van der Waals surface area (Å²) in [6, 6.07) is 5.20. The number of aromatic nitrogens is 2. The normalized spacial score (nSPS) is 14.3. The van der Waals surface area contributed by atoms with Crippen LogP contribution in [0.1, 0.15) is 11.3 Å². The highest BCUT2D eigenvalue weighted by Gasteiger charge is 2.18. The molecule has 3 rings (SSSR count). The second-order valence-electron chi connectivity index (χ2n) is 4.22. The lowest BCUT2D eigenvalue weighted by molar-refractivity contribution is 0.109. The Labute approximate surface area is 125 Å². The standard InChI is InChI=1S/C13H9Cl3N2O/c14-8-3-7(4-9(15)5-8)13-17-11-1-2-19-6-10(11)12(16)18-13/h3-5H,1-2,6H2. The number of hydrogen-bond donors (Lipinski definition) is 0. The first-order valence-electron chi connectivity index (χ1n) is 5.73. The van der Waals surface area contributed by atoms with Gasteiger partial charge in [0.2, 0.25) is 0 Å². The van der Waals surface area contributed by atoms with E-state index in [1.54, 1.807) is 18.2 Å². The number of rotatable bonds is 1. The number of ether oxygens (including phenoxy) is 1. The van der Waals surface area contributed by atoms with Crippen molar-refractivity contribution in [2.75, 3.05) is 6.61 Å². The molecule has 0 N–H and O–H groups in total. The van der Waals surface area contributed by atoms with E-state index >= 15 is 0 Å². The minimum Gasteiger partial charge on any atom is -0.376 e. The molecule has 1 aliphatic heterocycles. The highest BCUT2D eigenvalue weighted by Crippen LogP contribution is 2.29. The van der Waals surface area contributed by atoms with Crippen LogP contribution in [0, 0.1) is 0 Å². The van der Waals surface area contributed by atoms with Gasteiger partial charge in [-0.15, -0.1) is 0 Å². The molecule has 1 aromatic carbocycles. The first-order chi connectivity index (χ1) is 9.13. The summed E-state index contributed by atoms with van der Waals surface area (Å²) >= 11 is 18.2. The van der Waals surface area contributed by atoms with Gasteiger partial charge in [-0.05, 0) is 18.2 Å².